The second-order valence-corrected chi connectivity index (χ2v) is 22.1. The molecule has 2 fully saturated rings. The maximum absolute atomic E-state index is 12.7. The van der Waals surface area contributed by atoms with E-state index in [1.165, 1.54) is 16.8 Å². The van der Waals surface area contributed by atoms with Crippen molar-refractivity contribution in [1.29, 1.82) is 0 Å². The van der Waals surface area contributed by atoms with Gasteiger partial charge in [0.15, 0.2) is 28.5 Å². The van der Waals surface area contributed by atoms with Gasteiger partial charge >= 0.3 is 5.69 Å². The van der Waals surface area contributed by atoms with Gasteiger partial charge in [0.2, 0.25) is 0 Å². The van der Waals surface area contributed by atoms with Gasteiger partial charge < -0.3 is 23.4 Å². The average Bonchev–Trinajstić information content (AvgIpc) is 3.33. The number of epoxide rings is 1. The van der Waals surface area contributed by atoms with Gasteiger partial charge in [0, 0.05) is 12.3 Å². The summed E-state index contributed by atoms with van der Waals surface area (Å²) in [5.74, 6) is 0. The summed E-state index contributed by atoms with van der Waals surface area (Å²) < 4.78 is 27.3. The highest BCUT2D eigenvalue weighted by molar-refractivity contribution is 6.74. The van der Waals surface area contributed by atoms with Crippen LogP contribution in [0.15, 0.2) is 21.9 Å². The standard InChI is InChI=1S/C23H42N2O7Si2/c1-21(2,3)33(7,8)29-14-16-23(15(13-26)31-23)18(32-34(9,10)22(4,5)6)19(30-16)25-12-11-17(27)24-20(25)28/h11-12,15-16,18-19,26H,13-14H2,1-10H3,(H,24,27,28)/t15?,16-,18+,19-,23+/m1/s1. The Morgan fingerprint density at radius 2 is 1.65 bits per heavy atom. The predicted octanol–water partition coefficient (Wildman–Crippen LogP) is 2.98. The van der Waals surface area contributed by atoms with Crippen LogP contribution in [0, 0.1) is 0 Å². The highest BCUT2D eigenvalue weighted by atomic mass is 28.4. The van der Waals surface area contributed by atoms with Crippen molar-refractivity contribution >= 4 is 16.6 Å². The molecular formula is C23H42N2O7Si2. The first-order chi connectivity index (χ1) is 15.4. The van der Waals surface area contributed by atoms with Crippen LogP contribution in [0.4, 0.5) is 0 Å². The van der Waals surface area contributed by atoms with Crippen molar-refractivity contribution in [3.05, 3.63) is 33.1 Å². The van der Waals surface area contributed by atoms with E-state index in [9.17, 15) is 14.7 Å². The number of aliphatic hydroxyl groups is 1. The molecule has 5 atom stereocenters. The first-order valence-corrected chi connectivity index (χ1v) is 17.8. The van der Waals surface area contributed by atoms with Gasteiger partial charge in [-0.15, -0.1) is 0 Å². The van der Waals surface area contributed by atoms with Gasteiger partial charge in [-0.1, -0.05) is 41.5 Å². The Kier molecular flexibility index (Phi) is 7.11. The lowest BCUT2D eigenvalue weighted by Crippen LogP contribution is -2.52. The number of hydrogen-bond donors (Lipinski definition) is 2. The second kappa shape index (κ2) is 8.79. The minimum Gasteiger partial charge on any atom is -0.414 e. The number of nitrogens with zero attached hydrogens (tertiary/aromatic N) is 1. The number of ether oxygens (including phenoxy) is 2. The third-order valence-corrected chi connectivity index (χ3v) is 17.2. The molecule has 2 N–H and O–H groups in total. The van der Waals surface area contributed by atoms with Crippen LogP contribution in [0.5, 0.6) is 0 Å². The smallest absolute Gasteiger partial charge is 0.330 e. The second-order valence-electron chi connectivity index (χ2n) is 12.5. The Balaban J connectivity index is 2.04. The number of aliphatic hydroxyl groups excluding tert-OH is 1. The SMILES string of the molecule is CC(C)(C)[Si](C)(C)OC[C@H]1O[C@@H](n2ccc(=O)[nH]c2=O)[C@H](O[Si](C)(C)C(C)(C)C)[C@@]12OC2CO. The summed E-state index contributed by atoms with van der Waals surface area (Å²) in [5.41, 5.74) is -2.00. The van der Waals surface area contributed by atoms with E-state index in [4.69, 9.17) is 18.3 Å². The molecule has 11 heteroatoms. The number of H-pyrrole nitrogens is 1. The van der Waals surface area contributed by atoms with Crippen LogP contribution in [-0.4, -0.2) is 68.4 Å². The van der Waals surface area contributed by atoms with Crippen LogP contribution >= 0.6 is 0 Å². The van der Waals surface area contributed by atoms with Gasteiger partial charge in [-0.05, 0) is 36.3 Å². The Morgan fingerprint density at radius 3 is 2.12 bits per heavy atom. The molecule has 9 nitrogen and oxygen atoms in total. The normalized spacial score (nSPS) is 30.2. The van der Waals surface area contributed by atoms with E-state index in [2.05, 4.69) is 72.7 Å². The van der Waals surface area contributed by atoms with Crippen LogP contribution in [0.1, 0.15) is 47.8 Å². The lowest BCUT2D eigenvalue weighted by atomic mass is 9.94. The van der Waals surface area contributed by atoms with Gasteiger partial charge in [0.1, 0.15) is 18.3 Å². The van der Waals surface area contributed by atoms with Crippen molar-refractivity contribution in [2.75, 3.05) is 13.2 Å². The summed E-state index contributed by atoms with van der Waals surface area (Å²) >= 11 is 0. The van der Waals surface area contributed by atoms with Crippen LogP contribution < -0.4 is 11.2 Å². The third-order valence-electron chi connectivity index (χ3n) is 8.22. The summed E-state index contributed by atoms with van der Waals surface area (Å²) in [5, 5.41) is 9.96. The monoisotopic (exact) mass is 514 g/mol. The Morgan fingerprint density at radius 1 is 1.06 bits per heavy atom. The minimum atomic E-state index is -2.34. The highest BCUT2D eigenvalue weighted by Gasteiger charge is 2.74. The molecule has 0 saturated carbocycles. The Bertz CT molecular complexity index is 1010. The molecule has 1 spiro atoms. The molecule has 3 rings (SSSR count). The number of nitrogens with one attached hydrogen (secondary N) is 1. The third kappa shape index (κ3) is 4.80. The first-order valence-electron chi connectivity index (χ1n) is 11.9. The zero-order chi connectivity index (χ0) is 25.9. The molecule has 0 bridgehead atoms. The van der Waals surface area contributed by atoms with Gasteiger partial charge in [0.05, 0.1) is 13.2 Å². The zero-order valence-electron chi connectivity index (χ0n) is 22.2. The van der Waals surface area contributed by atoms with E-state index in [1.54, 1.807) is 0 Å². The summed E-state index contributed by atoms with van der Waals surface area (Å²) in [6.07, 6.45) is -1.09. The number of hydrogen-bond acceptors (Lipinski definition) is 7. The molecule has 2 saturated heterocycles. The molecule has 34 heavy (non-hydrogen) atoms. The fraction of sp³-hybridized carbons (Fsp3) is 0.826. The summed E-state index contributed by atoms with van der Waals surface area (Å²) in [6, 6.07) is 1.29. The fourth-order valence-corrected chi connectivity index (χ4v) is 6.12. The fourth-order valence-electron chi connectivity index (χ4n) is 3.83. The van der Waals surface area contributed by atoms with Crippen molar-refractivity contribution in [2.45, 2.75) is 108 Å². The van der Waals surface area contributed by atoms with Gasteiger partial charge in [-0.25, -0.2) is 4.79 Å². The van der Waals surface area contributed by atoms with Gasteiger partial charge in [0.25, 0.3) is 5.56 Å². The molecule has 0 amide bonds. The van der Waals surface area contributed by atoms with Crippen molar-refractivity contribution in [3.8, 4) is 0 Å². The molecular weight excluding hydrogens is 472 g/mol. The van der Waals surface area contributed by atoms with Gasteiger partial charge in [-0.2, -0.15) is 0 Å². The molecule has 0 aliphatic carbocycles. The number of aromatic nitrogens is 2. The highest BCUT2D eigenvalue weighted by Crippen LogP contribution is 2.56. The minimum absolute atomic E-state index is 0.00581. The largest absolute Gasteiger partial charge is 0.414 e. The van der Waals surface area contributed by atoms with Gasteiger partial charge in [-0.3, -0.25) is 14.3 Å². The summed E-state index contributed by atoms with van der Waals surface area (Å²) in [4.78, 5) is 26.7. The molecule has 2 aliphatic rings. The van der Waals surface area contributed by atoms with Crippen molar-refractivity contribution < 1.29 is 23.4 Å². The van der Waals surface area contributed by atoms with Crippen LogP contribution in [0.2, 0.25) is 36.3 Å². The molecule has 1 aromatic heterocycles. The van der Waals surface area contributed by atoms with E-state index in [-0.39, 0.29) is 23.3 Å². The van der Waals surface area contributed by atoms with Crippen molar-refractivity contribution in [3.63, 3.8) is 0 Å². The van der Waals surface area contributed by atoms with Crippen LogP contribution in [0.25, 0.3) is 0 Å². The molecule has 0 aromatic carbocycles. The van der Waals surface area contributed by atoms with E-state index >= 15 is 0 Å². The number of aromatic amines is 1. The lowest BCUT2D eigenvalue weighted by molar-refractivity contribution is -0.0498. The van der Waals surface area contributed by atoms with E-state index < -0.39 is 58.0 Å². The average molecular weight is 515 g/mol. The van der Waals surface area contributed by atoms with E-state index in [0.29, 0.717) is 0 Å². The number of rotatable bonds is 7. The first kappa shape index (κ1) is 27.5. The zero-order valence-corrected chi connectivity index (χ0v) is 24.2. The van der Waals surface area contributed by atoms with E-state index in [1.807, 2.05) is 0 Å². The maximum atomic E-state index is 12.7. The van der Waals surface area contributed by atoms with Crippen molar-refractivity contribution in [1.82, 2.24) is 9.55 Å². The van der Waals surface area contributed by atoms with E-state index in [0.717, 1.165) is 0 Å². The lowest BCUT2D eigenvalue weighted by Gasteiger charge is -2.40. The molecule has 1 aromatic rings. The summed E-state index contributed by atoms with van der Waals surface area (Å²) in [7, 11) is -4.45. The summed E-state index contributed by atoms with van der Waals surface area (Å²) in [6.45, 7) is 21.6. The topological polar surface area (TPSA) is 115 Å². The molecule has 194 valence electrons. The molecule has 2 aliphatic heterocycles. The Labute approximate surface area is 204 Å². The van der Waals surface area contributed by atoms with Crippen LogP contribution in [0.3, 0.4) is 0 Å². The van der Waals surface area contributed by atoms with Crippen molar-refractivity contribution in [2.24, 2.45) is 0 Å². The van der Waals surface area contributed by atoms with Crippen LogP contribution in [-0.2, 0) is 18.3 Å². The predicted molar refractivity (Wildman–Crippen MR) is 135 cm³/mol. The maximum Gasteiger partial charge on any atom is 0.330 e. The Hall–Kier alpha value is -1.09. The molecule has 1 unspecified atom stereocenters. The molecule has 0 radical (unpaired) electrons. The molecule has 3 heterocycles. The quantitative estimate of drug-likeness (QED) is 0.424.